The smallest absolute Gasteiger partial charge is 0.254 e. The summed E-state index contributed by atoms with van der Waals surface area (Å²) in [5.41, 5.74) is 4.24. The van der Waals surface area contributed by atoms with E-state index in [2.05, 4.69) is 10.3 Å². The molecule has 2 amide bonds. The van der Waals surface area contributed by atoms with Crippen LogP contribution in [0.5, 0.6) is 17.2 Å². The molecule has 38 heavy (non-hydrogen) atoms. The maximum absolute atomic E-state index is 13.7. The van der Waals surface area contributed by atoms with Gasteiger partial charge < -0.3 is 19.7 Å². The van der Waals surface area contributed by atoms with Gasteiger partial charge in [-0.25, -0.2) is 0 Å². The number of aromatic nitrogens is 1. The van der Waals surface area contributed by atoms with Gasteiger partial charge in [0.2, 0.25) is 0 Å². The number of nitrogens with zero attached hydrogens (tertiary/aromatic N) is 2. The van der Waals surface area contributed by atoms with Crippen molar-refractivity contribution in [2.24, 2.45) is 0 Å². The van der Waals surface area contributed by atoms with Crippen molar-refractivity contribution in [3.63, 3.8) is 0 Å². The predicted molar refractivity (Wildman–Crippen MR) is 143 cm³/mol. The second-order valence-electron chi connectivity index (χ2n) is 9.42. The zero-order valence-electron chi connectivity index (χ0n) is 20.8. The number of carbonyl (C=O) groups is 2. The van der Waals surface area contributed by atoms with Crippen LogP contribution in [0, 0.1) is 0 Å². The van der Waals surface area contributed by atoms with Gasteiger partial charge in [-0.1, -0.05) is 36.4 Å². The highest BCUT2D eigenvalue weighted by molar-refractivity contribution is 5.95. The van der Waals surface area contributed by atoms with Gasteiger partial charge in [-0.3, -0.25) is 14.6 Å². The summed E-state index contributed by atoms with van der Waals surface area (Å²) in [5, 5.41) is 2.91. The molecule has 8 bridgehead atoms. The van der Waals surface area contributed by atoms with Crippen molar-refractivity contribution < 1.29 is 19.1 Å². The number of fused-ring (bicyclic) bond motifs is 6. The van der Waals surface area contributed by atoms with E-state index in [9.17, 15) is 9.59 Å². The van der Waals surface area contributed by atoms with Gasteiger partial charge in [0.05, 0.1) is 24.4 Å². The molecular weight excluding hydrogens is 478 g/mol. The summed E-state index contributed by atoms with van der Waals surface area (Å²) >= 11 is 0. The van der Waals surface area contributed by atoms with Gasteiger partial charge in [0.15, 0.2) is 0 Å². The van der Waals surface area contributed by atoms with Crippen LogP contribution in [0.2, 0.25) is 0 Å². The molecule has 3 aliphatic heterocycles. The van der Waals surface area contributed by atoms with Gasteiger partial charge in [-0.15, -0.1) is 0 Å². The Morgan fingerprint density at radius 1 is 0.921 bits per heavy atom. The molecule has 0 fully saturated rings. The first-order valence-corrected chi connectivity index (χ1v) is 12.8. The molecule has 4 aromatic rings. The molecule has 1 N–H and O–H groups in total. The van der Waals surface area contributed by atoms with Crippen LogP contribution in [-0.4, -0.2) is 41.4 Å². The molecule has 1 unspecified atom stereocenters. The topological polar surface area (TPSA) is 80.8 Å². The number of hydrogen-bond donors (Lipinski definition) is 1. The Balaban J connectivity index is 1.43. The van der Waals surface area contributed by atoms with Crippen molar-refractivity contribution in [1.29, 1.82) is 0 Å². The van der Waals surface area contributed by atoms with Gasteiger partial charge in [-0.2, -0.15) is 0 Å². The minimum atomic E-state index is -0.271. The van der Waals surface area contributed by atoms with E-state index in [1.165, 1.54) is 6.20 Å². The molecular formula is C31H27N3O4. The standard InChI is InChI=1S/C31H27N3O4/c35-30-24-18-27(20-32-19-24)38-26-10-11-28-22(16-26)12-14-34(31(36)21-6-2-1-3-7-21)29(28)23-8-4-9-25(17-23)37-15-5-13-33-30/h1-4,6-11,16-20,29H,5,12-15H2,(H,33,35). The van der Waals surface area contributed by atoms with E-state index in [4.69, 9.17) is 9.47 Å². The van der Waals surface area contributed by atoms with E-state index >= 15 is 0 Å². The van der Waals surface area contributed by atoms with Gasteiger partial charge in [0.25, 0.3) is 11.8 Å². The molecule has 0 spiro atoms. The highest BCUT2D eigenvalue weighted by atomic mass is 16.5. The number of rotatable bonds is 1. The lowest BCUT2D eigenvalue weighted by Gasteiger charge is -2.38. The summed E-state index contributed by atoms with van der Waals surface area (Å²) in [6.07, 6.45) is 4.46. The first-order chi connectivity index (χ1) is 18.7. The van der Waals surface area contributed by atoms with Crippen LogP contribution >= 0.6 is 0 Å². The zero-order valence-corrected chi connectivity index (χ0v) is 20.8. The second-order valence-corrected chi connectivity index (χ2v) is 9.42. The average Bonchev–Trinajstić information content (AvgIpc) is 2.96. The lowest BCUT2D eigenvalue weighted by Crippen LogP contribution is -2.40. The molecule has 0 saturated heterocycles. The van der Waals surface area contributed by atoms with Crippen LogP contribution in [0.25, 0.3) is 0 Å². The predicted octanol–water partition coefficient (Wildman–Crippen LogP) is 5.17. The molecule has 190 valence electrons. The fraction of sp³-hybridized carbons (Fsp3) is 0.194. The molecule has 0 aliphatic carbocycles. The normalized spacial score (nSPS) is 16.9. The molecule has 1 atom stereocenters. The number of nitrogens with one attached hydrogen (secondary N) is 1. The van der Waals surface area contributed by atoms with E-state index in [0.717, 1.165) is 22.4 Å². The maximum Gasteiger partial charge on any atom is 0.254 e. The quantitative estimate of drug-likeness (QED) is 0.386. The summed E-state index contributed by atoms with van der Waals surface area (Å²) in [6, 6.07) is 24.7. The number of ether oxygens (including phenoxy) is 2. The maximum atomic E-state index is 13.7. The Bertz CT molecular complexity index is 1490. The Kier molecular flexibility index (Phi) is 6.48. The highest BCUT2D eigenvalue weighted by Crippen LogP contribution is 2.39. The molecule has 4 heterocycles. The van der Waals surface area contributed by atoms with Crippen LogP contribution in [-0.2, 0) is 6.42 Å². The third-order valence-corrected chi connectivity index (χ3v) is 6.88. The number of carbonyl (C=O) groups excluding carboxylic acids is 2. The van der Waals surface area contributed by atoms with Gasteiger partial charge in [0, 0.05) is 24.8 Å². The Morgan fingerprint density at radius 2 is 1.82 bits per heavy atom. The van der Waals surface area contributed by atoms with Crippen molar-refractivity contribution >= 4 is 11.8 Å². The fourth-order valence-corrected chi connectivity index (χ4v) is 5.07. The molecule has 0 radical (unpaired) electrons. The molecule has 7 heteroatoms. The summed E-state index contributed by atoms with van der Waals surface area (Å²) in [7, 11) is 0. The summed E-state index contributed by atoms with van der Waals surface area (Å²) < 4.78 is 12.1. The zero-order chi connectivity index (χ0) is 25.9. The number of hydrogen-bond acceptors (Lipinski definition) is 5. The van der Waals surface area contributed by atoms with Gasteiger partial charge >= 0.3 is 0 Å². The van der Waals surface area contributed by atoms with E-state index in [-0.39, 0.29) is 17.9 Å². The molecule has 7 nitrogen and oxygen atoms in total. The lowest BCUT2D eigenvalue weighted by molar-refractivity contribution is 0.0694. The highest BCUT2D eigenvalue weighted by Gasteiger charge is 2.33. The van der Waals surface area contributed by atoms with E-state index in [1.807, 2.05) is 77.7 Å². The number of amides is 2. The molecule has 7 rings (SSSR count). The molecule has 0 saturated carbocycles. The average molecular weight is 506 g/mol. The first kappa shape index (κ1) is 23.7. The van der Waals surface area contributed by atoms with E-state index in [1.54, 1.807) is 12.3 Å². The minimum Gasteiger partial charge on any atom is -0.494 e. The Morgan fingerprint density at radius 3 is 2.71 bits per heavy atom. The fourth-order valence-electron chi connectivity index (χ4n) is 5.07. The third kappa shape index (κ3) is 4.83. The number of pyridine rings is 1. The molecule has 3 aliphatic rings. The monoisotopic (exact) mass is 505 g/mol. The van der Waals surface area contributed by atoms with Crippen LogP contribution in [0.1, 0.15) is 49.9 Å². The Labute approximate surface area is 221 Å². The van der Waals surface area contributed by atoms with Crippen LogP contribution in [0.3, 0.4) is 0 Å². The SMILES string of the molecule is O=C1NCCCOc2cccc(c2)C2c3ccc(cc3CCN2C(=O)c2ccccc2)Oc2cncc1c2. The third-order valence-electron chi connectivity index (χ3n) is 6.88. The van der Waals surface area contributed by atoms with E-state index in [0.29, 0.717) is 55.2 Å². The van der Waals surface area contributed by atoms with Crippen LogP contribution < -0.4 is 14.8 Å². The van der Waals surface area contributed by atoms with Crippen molar-refractivity contribution in [3.05, 3.63) is 119 Å². The van der Waals surface area contributed by atoms with Crippen molar-refractivity contribution in [2.75, 3.05) is 19.7 Å². The molecule has 3 aromatic carbocycles. The van der Waals surface area contributed by atoms with Crippen LogP contribution in [0.4, 0.5) is 0 Å². The minimum absolute atomic E-state index is 0.00586. The first-order valence-electron chi connectivity index (χ1n) is 12.8. The summed E-state index contributed by atoms with van der Waals surface area (Å²) in [5.74, 6) is 1.66. The van der Waals surface area contributed by atoms with Crippen molar-refractivity contribution in [3.8, 4) is 17.2 Å². The lowest BCUT2D eigenvalue weighted by atomic mass is 9.87. The van der Waals surface area contributed by atoms with Crippen LogP contribution in [0.15, 0.2) is 91.3 Å². The number of benzene rings is 3. The second kappa shape index (κ2) is 10.4. The Hall–Kier alpha value is -4.65. The van der Waals surface area contributed by atoms with Crippen molar-refractivity contribution in [2.45, 2.75) is 18.9 Å². The van der Waals surface area contributed by atoms with Crippen molar-refractivity contribution in [1.82, 2.24) is 15.2 Å². The summed E-state index contributed by atoms with van der Waals surface area (Å²) in [4.78, 5) is 32.4. The van der Waals surface area contributed by atoms with Gasteiger partial charge in [-0.05, 0) is 72.0 Å². The van der Waals surface area contributed by atoms with Gasteiger partial charge in [0.1, 0.15) is 17.2 Å². The summed E-state index contributed by atoms with van der Waals surface area (Å²) in [6.45, 7) is 1.48. The molecule has 1 aromatic heterocycles. The van der Waals surface area contributed by atoms with E-state index < -0.39 is 0 Å². The largest absolute Gasteiger partial charge is 0.494 e.